The molecular formula is C15H17N3O2. The Balaban J connectivity index is 2.11. The molecule has 0 aliphatic carbocycles. The maximum absolute atomic E-state index is 11.8. The summed E-state index contributed by atoms with van der Waals surface area (Å²) in [5.74, 6) is -0.0925. The standard InChI is InChI=1S/C15H17N3O2/c1-11(2)17-15(20)13-5-3-12(4-6-13)9-18-10-16-8-7-14(18)19/h3-8,10-11H,9H2,1-2H3,(H,17,20). The number of nitrogens with one attached hydrogen (secondary N) is 1. The Morgan fingerprint density at radius 2 is 1.95 bits per heavy atom. The smallest absolute Gasteiger partial charge is 0.253 e. The van der Waals surface area contributed by atoms with Crippen LogP contribution in [-0.2, 0) is 6.54 Å². The highest BCUT2D eigenvalue weighted by Crippen LogP contribution is 2.06. The number of nitrogens with zero attached hydrogens (tertiary/aromatic N) is 2. The van der Waals surface area contributed by atoms with Gasteiger partial charge >= 0.3 is 0 Å². The molecule has 0 saturated heterocycles. The van der Waals surface area contributed by atoms with Crippen LogP contribution in [0.1, 0.15) is 29.8 Å². The van der Waals surface area contributed by atoms with Crippen LogP contribution in [0.3, 0.4) is 0 Å². The molecule has 5 nitrogen and oxygen atoms in total. The minimum absolute atomic E-state index is 0.0925. The summed E-state index contributed by atoms with van der Waals surface area (Å²) in [5.41, 5.74) is 1.46. The molecule has 0 bridgehead atoms. The Labute approximate surface area is 117 Å². The molecule has 1 aromatic heterocycles. The lowest BCUT2D eigenvalue weighted by molar-refractivity contribution is 0.0943. The first-order valence-electron chi connectivity index (χ1n) is 6.46. The number of hydrogen-bond acceptors (Lipinski definition) is 3. The van der Waals surface area contributed by atoms with Gasteiger partial charge < -0.3 is 5.32 Å². The Kier molecular flexibility index (Phi) is 4.30. The summed E-state index contributed by atoms with van der Waals surface area (Å²) >= 11 is 0. The van der Waals surface area contributed by atoms with E-state index in [0.29, 0.717) is 12.1 Å². The van der Waals surface area contributed by atoms with Gasteiger partial charge in [-0.05, 0) is 31.5 Å². The molecule has 0 fully saturated rings. The van der Waals surface area contributed by atoms with Crippen LogP contribution in [0.25, 0.3) is 0 Å². The van der Waals surface area contributed by atoms with Crippen LogP contribution in [-0.4, -0.2) is 21.5 Å². The van der Waals surface area contributed by atoms with E-state index in [1.54, 1.807) is 12.1 Å². The number of rotatable bonds is 4. The highest BCUT2D eigenvalue weighted by molar-refractivity contribution is 5.94. The number of carbonyl (C=O) groups is 1. The first-order valence-corrected chi connectivity index (χ1v) is 6.46. The van der Waals surface area contributed by atoms with E-state index in [-0.39, 0.29) is 17.5 Å². The third-order valence-electron chi connectivity index (χ3n) is 2.78. The zero-order valence-corrected chi connectivity index (χ0v) is 11.5. The topological polar surface area (TPSA) is 64.0 Å². The van der Waals surface area contributed by atoms with E-state index in [2.05, 4.69) is 10.3 Å². The number of benzene rings is 1. The quantitative estimate of drug-likeness (QED) is 0.915. The lowest BCUT2D eigenvalue weighted by Crippen LogP contribution is -2.30. The Morgan fingerprint density at radius 1 is 1.25 bits per heavy atom. The van der Waals surface area contributed by atoms with Crippen molar-refractivity contribution in [3.63, 3.8) is 0 Å². The maximum Gasteiger partial charge on any atom is 0.253 e. The highest BCUT2D eigenvalue weighted by atomic mass is 16.1. The molecule has 0 atom stereocenters. The molecule has 0 aliphatic heterocycles. The Morgan fingerprint density at radius 3 is 2.55 bits per heavy atom. The summed E-state index contributed by atoms with van der Waals surface area (Å²) in [6.07, 6.45) is 2.97. The predicted molar refractivity (Wildman–Crippen MR) is 76.6 cm³/mol. The van der Waals surface area contributed by atoms with Gasteiger partial charge in [-0.1, -0.05) is 12.1 Å². The van der Waals surface area contributed by atoms with E-state index >= 15 is 0 Å². The second kappa shape index (κ2) is 6.14. The molecule has 20 heavy (non-hydrogen) atoms. The van der Waals surface area contributed by atoms with Crippen molar-refractivity contribution in [2.24, 2.45) is 0 Å². The van der Waals surface area contributed by atoms with Crippen molar-refractivity contribution in [1.29, 1.82) is 0 Å². The molecular weight excluding hydrogens is 254 g/mol. The first-order chi connectivity index (χ1) is 9.56. The molecule has 0 unspecified atom stereocenters. The van der Waals surface area contributed by atoms with Gasteiger partial charge in [0.15, 0.2) is 0 Å². The van der Waals surface area contributed by atoms with Gasteiger partial charge in [0.25, 0.3) is 11.5 Å². The van der Waals surface area contributed by atoms with Crippen molar-refractivity contribution in [2.75, 3.05) is 0 Å². The minimum Gasteiger partial charge on any atom is -0.350 e. The van der Waals surface area contributed by atoms with Gasteiger partial charge in [-0.3, -0.25) is 14.2 Å². The van der Waals surface area contributed by atoms with E-state index in [0.717, 1.165) is 5.56 Å². The monoisotopic (exact) mass is 271 g/mol. The van der Waals surface area contributed by atoms with Crippen molar-refractivity contribution in [1.82, 2.24) is 14.9 Å². The minimum atomic E-state index is -0.0957. The van der Waals surface area contributed by atoms with Gasteiger partial charge in [0.1, 0.15) is 0 Å². The normalized spacial score (nSPS) is 10.6. The summed E-state index contributed by atoms with van der Waals surface area (Å²) in [6.45, 7) is 4.28. The SMILES string of the molecule is CC(C)NC(=O)c1ccc(Cn2cnccc2=O)cc1. The van der Waals surface area contributed by atoms with Crippen LogP contribution in [0, 0.1) is 0 Å². The molecule has 1 heterocycles. The molecule has 1 N–H and O–H groups in total. The van der Waals surface area contributed by atoms with Crippen LogP contribution in [0.2, 0.25) is 0 Å². The number of amides is 1. The van der Waals surface area contributed by atoms with Crippen LogP contribution in [0.4, 0.5) is 0 Å². The van der Waals surface area contributed by atoms with Crippen molar-refractivity contribution >= 4 is 5.91 Å². The molecule has 2 aromatic rings. The third-order valence-corrected chi connectivity index (χ3v) is 2.78. The largest absolute Gasteiger partial charge is 0.350 e. The van der Waals surface area contributed by atoms with Gasteiger partial charge in [-0.15, -0.1) is 0 Å². The second-order valence-corrected chi connectivity index (χ2v) is 4.87. The van der Waals surface area contributed by atoms with E-state index in [4.69, 9.17) is 0 Å². The van der Waals surface area contributed by atoms with Gasteiger partial charge in [0.05, 0.1) is 12.9 Å². The molecule has 1 amide bonds. The summed E-state index contributed by atoms with van der Waals surface area (Å²) in [4.78, 5) is 27.3. The van der Waals surface area contributed by atoms with E-state index in [1.807, 2.05) is 26.0 Å². The van der Waals surface area contributed by atoms with Gasteiger partial charge in [-0.25, -0.2) is 4.98 Å². The summed E-state index contributed by atoms with van der Waals surface area (Å²) in [5, 5.41) is 2.83. The van der Waals surface area contributed by atoms with Gasteiger partial charge in [0.2, 0.25) is 0 Å². The van der Waals surface area contributed by atoms with Crippen molar-refractivity contribution < 1.29 is 4.79 Å². The van der Waals surface area contributed by atoms with E-state index < -0.39 is 0 Å². The second-order valence-electron chi connectivity index (χ2n) is 4.87. The average molecular weight is 271 g/mol. The molecule has 0 radical (unpaired) electrons. The number of hydrogen-bond donors (Lipinski definition) is 1. The summed E-state index contributed by atoms with van der Waals surface area (Å²) < 4.78 is 1.52. The molecule has 5 heteroatoms. The van der Waals surface area contributed by atoms with Crippen molar-refractivity contribution in [3.8, 4) is 0 Å². The van der Waals surface area contributed by atoms with Crippen LogP contribution < -0.4 is 10.9 Å². The fourth-order valence-corrected chi connectivity index (χ4v) is 1.80. The van der Waals surface area contributed by atoms with Crippen molar-refractivity contribution in [2.45, 2.75) is 26.4 Å². The fraction of sp³-hybridized carbons (Fsp3) is 0.267. The molecule has 104 valence electrons. The first kappa shape index (κ1) is 14.0. The average Bonchev–Trinajstić information content (AvgIpc) is 2.41. The zero-order valence-electron chi connectivity index (χ0n) is 11.5. The highest BCUT2D eigenvalue weighted by Gasteiger charge is 2.06. The fourth-order valence-electron chi connectivity index (χ4n) is 1.80. The predicted octanol–water partition coefficient (Wildman–Crippen LogP) is 1.43. The molecule has 2 rings (SSSR count). The van der Waals surface area contributed by atoms with Crippen molar-refractivity contribution in [3.05, 3.63) is 64.3 Å². The summed E-state index contributed by atoms with van der Waals surface area (Å²) in [6, 6.07) is 8.73. The maximum atomic E-state index is 11.8. The van der Waals surface area contributed by atoms with Crippen LogP contribution >= 0.6 is 0 Å². The third kappa shape index (κ3) is 3.54. The lowest BCUT2D eigenvalue weighted by Gasteiger charge is -2.09. The Bertz CT molecular complexity index is 645. The Hall–Kier alpha value is -2.43. The lowest BCUT2D eigenvalue weighted by atomic mass is 10.1. The van der Waals surface area contributed by atoms with Gasteiger partial charge in [0, 0.05) is 23.9 Å². The molecule has 0 spiro atoms. The van der Waals surface area contributed by atoms with E-state index in [9.17, 15) is 9.59 Å². The van der Waals surface area contributed by atoms with Crippen LogP contribution in [0.5, 0.6) is 0 Å². The molecule has 1 aromatic carbocycles. The molecule has 0 saturated carbocycles. The summed E-state index contributed by atoms with van der Waals surface area (Å²) in [7, 11) is 0. The van der Waals surface area contributed by atoms with Crippen LogP contribution in [0.15, 0.2) is 47.7 Å². The number of aromatic nitrogens is 2. The van der Waals surface area contributed by atoms with E-state index in [1.165, 1.54) is 23.2 Å². The molecule has 0 aliphatic rings. The van der Waals surface area contributed by atoms with Gasteiger partial charge in [-0.2, -0.15) is 0 Å². The zero-order chi connectivity index (χ0) is 14.5. The number of carbonyl (C=O) groups excluding carboxylic acids is 1.